The third-order valence-electron chi connectivity index (χ3n) is 10.4. The molecule has 0 bridgehead atoms. The van der Waals surface area contributed by atoms with E-state index in [1.807, 2.05) is 50.2 Å². The third-order valence-corrected chi connectivity index (χ3v) is 12.5. The van der Waals surface area contributed by atoms with Gasteiger partial charge in [0.15, 0.2) is 11.6 Å². The summed E-state index contributed by atoms with van der Waals surface area (Å²) in [5.41, 5.74) is 3.16. The number of hydrogen-bond acceptors (Lipinski definition) is 13. The number of phenols is 1. The van der Waals surface area contributed by atoms with Crippen molar-refractivity contribution in [3.05, 3.63) is 106 Å². The Morgan fingerprint density at radius 1 is 0.646 bits per heavy atom. The molecule has 4 N–H and O–H groups in total. The second-order valence-corrected chi connectivity index (χ2v) is 18.1. The molecular formula is C50H62CaO12S2. The first-order chi connectivity index (χ1) is 30.5. The molecule has 65 heavy (non-hydrogen) atoms. The zero-order valence-corrected chi connectivity index (χ0v) is 42.1. The number of carbonyl (C=O) groups is 4. The van der Waals surface area contributed by atoms with Gasteiger partial charge in [-0.3, -0.25) is 14.4 Å². The third kappa shape index (κ3) is 18.8. The molecule has 0 aromatic heterocycles. The number of hydrogen-bond donors (Lipinski definition) is 4. The number of carbonyl (C=O) groups excluding carboxylic acids is 3. The Bertz CT molecular complexity index is 1980. The number of Topliss-reactive ketones (excluding diaryl/α,β-unsaturated/α-hetero) is 2. The molecule has 4 aromatic carbocycles. The minimum atomic E-state index is -1.17. The molecule has 0 fully saturated rings. The Morgan fingerprint density at radius 3 is 1.48 bits per heavy atom. The molecule has 0 aliphatic carbocycles. The van der Waals surface area contributed by atoms with Crippen molar-refractivity contribution in [3.63, 3.8) is 0 Å². The van der Waals surface area contributed by atoms with Gasteiger partial charge in [-0.1, -0.05) is 70.6 Å². The average molecular weight is 959 g/mol. The van der Waals surface area contributed by atoms with E-state index in [0.717, 1.165) is 47.0 Å². The van der Waals surface area contributed by atoms with E-state index in [-0.39, 0.29) is 85.1 Å². The molecule has 0 saturated heterocycles. The maximum absolute atomic E-state index is 12.5. The Balaban J connectivity index is 0.000000440. The molecule has 0 heterocycles. The van der Waals surface area contributed by atoms with Gasteiger partial charge in [0.05, 0.1) is 37.4 Å². The number of aliphatic hydroxyl groups is 2. The van der Waals surface area contributed by atoms with Crippen LogP contribution in [0.4, 0.5) is 0 Å². The van der Waals surface area contributed by atoms with Crippen LogP contribution in [0.3, 0.4) is 0 Å². The molecule has 4 atom stereocenters. The number of ether oxygens (including phenoxy) is 2. The summed E-state index contributed by atoms with van der Waals surface area (Å²) >= 11 is 3.32. The van der Waals surface area contributed by atoms with Gasteiger partial charge in [0.2, 0.25) is 0 Å². The zero-order valence-electron chi connectivity index (χ0n) is 38.3. The second-order valence-electron chi connectivity index (χ2n) is 15.7. The molecule has 0 amide bonds. The molecule has 0 saturated carbocycles. The van der Waals surface area contributed by atoms with E-state index in [2.05, 4.69) is 0 Å². The fourth-order valence-electron chi connectivity index (χ4n) is 6.84. The van der Waals surface area contributed by atoms with Crippen LogP contribution in [-0.2, 0) is 22.4 Å². The number of carboxylic acids is 2. The standard InChI is InChI=1S/2C25H32O6S.Ca/c2*1-4-6-21-22(12-11-20(17(3)26)25(21)30)31-13-5-14-32-19-9-7-18(8-10-19)24(29)16(2)15-23(27)28;/h2*7-12,16,24,29-30H,4-6,13-15H2,1-3H3,(H,27,28);/q;;+2/p-2/t2*16-,24+;/m11./s1. The molecule has 12 nitrogen and oxygen atoms in total. The normalized spacial score (nSPS) is 12.7. The molecular weight excluding hydrogens is 897 g/mol. The van der Waals surface area contributed by atoms with Crippen molar-refractivity contribution in [3.8, 4) is 23.0 Å². The minimum Gasteiger partial charge on any atom is -0.872 e. The SMILES string of the molecule is CCCc1c(OCCCSc2ccc([C@@H](O)[C@H](C)CC(=O)O)cc2)ccc(C(C)=O)c1O.CCCc1c(OCCCSc2ccc([C@@H](O)[C@H](C)CC(=O)[O-])cc2)ccc(C(C)=O)c1[O-].[Ca+2]. The molecule has 0 unspecified atom stereocenters. The van der Waals surface area contributed by atoms with Gasteiger partial charge < -0.3 is 44.9 Å². The van der Waals surface area contributed by atoms with E-state index in [1.165, 1.54) is 19.9 Å². The van der Waals surface area contributed by atoms with Gasteiger partial charge in [0.1, 0.15) is 17.2 Å². The van der Waals surface area contributed by atoms with Gasteiger partial charge in [-0.05, 0) is 123 Å². The van der Waals surface area contributed by atoms with E-state index in [9.17, 15) is 44.7 Å². The van der Waals surface area contributed by atoms with Crippen LogP contribution in [0, 0.1) is 11.8 Å². The fraction of sp³-hybridized carbons (Fsp3) is 0.440. The van der Waals surface area contributed by atoms with E-state index in [1.54, 1.807) is 67.7 Å². The van der Waals surface area contributed by atoms with Crippen molar-refractivity contribution >= 4 is 84.8 Å². The van der Waals surface area contributed by atoms with Gasteiger partial charge in [0.25, 0.3) is 0 Å². The smallest absolute Gasteiger partial charge is 0.872 e. The first-order valence-electron chi connectivity index (χ1n) is 21.7. The van der Waals surface area contributed by atoms with Crippen LogP contribution < -0.4 is 19.7 Å². The summed E-state index contributed by atoms with van der Waals surface area (Å²) in [6.07, 6.45) is 2.48. The van der Waals surface area contributed by atoms with Gasteiger partial charge in [0, 0.05) is 38.4 Å². The molecule has 0 aliphatic rings. The van der Waals surface area contributed by atoms with Crippen molar-refractivity contribution in [2.24, 2.45) is 11.8 Å². The fourth-order valence-corrected chi connectivity index (χ4v) is 8.49. The van der Waals surface area contributed by atoms with Crippen LogP contribution in [0.15, 0.2) is 82.6 Å². The predicted molar refractivity (Wildman–Crippen MR) is 252 cm³/mol. The van der Waals surface area contributed by atoms with Crippen molar-refractivity contribution in [1.82, 2.24) is 0 Å². The maximum Gasteiger partial charge on any atom is 2.00 e. The van der Waals surface area contributed by atoms with Crippen LogP contribution in [-0.4, -0.2) is 106 Å². The van der Waals surface area contributed by atoms with Gasteiger partial charge in [-0.2, -0.15) is 0 Å². The summed E-state index contributed by atoms with van der Waals surface area (Å²) in [4.78, 5) is 46.9. The Morgan fingerprint density at radius 2 is 1.06 bits per heavy atom. The Kier molecular flexibility index (Phi) is 26.3. The van der Waals surface area contributed by atoms with Crippen molar-refractivity contribution in [2.45, 2.75) is 115 Å². The molecule has 0 aliphatic heterocycles. The molecule has 0 spiro atoms. The number of thioether (sulfide) groups is 2. The van der Waals surface area contributed by atoms with Gasteiger partial charge in [-0.25, -0.2) is 0 Å². The Labute approximate surface area is 421 Å². The summed E-state index contributed by atoms with van der Waals surface area (Å²) in [7, 11) is 0. The molecule has 348 valence electrons. The number of aromatic hydroxyl groups is 1. The summed E-state index contributed by atoms with van der Waals surface area (Å²) in [5, 5.41) is 63.0. The van der Waals surface area contributed by atoms with Gasteiger partial charge in [-0.15, -0.1) is 23.5 Å². The number of aliphatic hydroxyl groups excluding tert-OH is 2. The number of aliphatic carboxylic acids is 2. The van der Waals surface area contributed by atoms with Crippen molar-refractivity contribution < 1.29 is 59.3 Å². The topological polar surface area (TPSA) is 214 Å². The molecule has 4 aromatic rings. The van der Waals surface area contributed by atoms with E-state index in [4.69, 9.17) is 14.6 Å². The monoisotopic (exact) mass is 958 g/mol. The Hall–Kier alpha value is -3.76. The summed E-state index contributed by atoms with van der Waals surface area (Å²) in [5.74, 6) is -0.679. The quantitative estimate of drug-likeness (QED) is 0.0202. The minimum absolute atomic E-state index is 0. The van der Waals surface area contributed by atoms with Crippen molar-refractivity contribution in [1.29, 1.82) is 0 Å². The van der Waals surface area contributed by atoms with Gasteiger partial charge >= 0.3 is 43.7 Å². The number of ketones is 2. The number of carboxylic acid groups (broad SMARTS) is 2. The number of benzene rings is 4. The zero-order chi connectivity index (χ0) is 47.3. The molecule has 4 rings (SSSR count). The van der Waals surface area contributed by atoms with Crippen LogP contribution >= 0.6 is 23.5 Å². The first kappa shape index (κ1) is 57.4. The van der Waals surface area contributed by atoms with Crippen LogP contribution in [0.5, 0.6) is 23.0 Å². The predicted octanol–water partition coefficient (Wildman–Crippen LogP) is 8.16. The first-order valence-corrected chi connectivity index (χ1v) is 23.6. The molecule has 15 heteroatoms. The summed E-state index contributed by atoms with van der Waals surface area (Å²) in [6, 6.07) is 21.5. The van der Waals surface area contributed by atoms with E-state index >= 15 is 0 Å². The second kappa shape index (κ2) is 29.8. The number of phenolic OH excluding ortho intramolecular Hbond substituents is 1. The summed E-state index contributed by atoms with van der Waals surface area (Å²) in [6.45, 7) is 11.2. The van der Waals surface area contributed by atoms with Crippen LogP contribution in [0.25, 0.3) is 0 Å². The maximum atomic E-state index is 12.5. The van der Waals surface area contributed by atoms with Crippen molar-refractivity contribution in [2.75, 3.05) is 24.7 Å². The summed E-state index contributed by atoms with van der Waals surface area (Å²) < 4.78 is 11.7. The number of rotatable bonds is 26. The van der Waals surface area contributed by atoms with E-state index < -0.39 is 30.1 Å². The average Bonchev–Trinajstić information content (AvgIpc) is 3.25. The molecule has 0 radical (unpaired) electrons. The van der Waals surface area contributed by atoms with E-state index in [0.29, 0.717) is 65.4 Å². The van der Waals surface area contributed by atoms with Crippen LogP contribution in [0.1, 0.15) is 135 Å². The van der Waals surface area contributed by atoms with Crippen LogP contribution in [0.2, 0.25) is 0 Å². The largest absolute Gasteiger partial charge is 2.00 e.